The summed E-state index contributed by atoms with van der Waals surface area (Å²) in [5.41, 5.74) is -0.559. The van der Waals surface area contributed by atoms with E-state index < -0.39 is 25.8 Å². The van der Waals surface area contributed by atoms with Crippen LogP contribution < -0.4 is 11.0 Å². The summed E-state index contributed by atoms with van der Waals surface area (Å²) < 4.78 is 22.3. The molecule has 0 aromatic carbocycles. The highest BCUT2D eigenvalue weighted by Crippen LogP contribution is 2.38. The number of nitrogens with one attached hydrogen (secondary N) is 1. The Morgan fingerprint density at radius 2 is 1.55 bits per heavy atom. The van der Waals surface area contributed by atoms with Gasteiger partial charge >= 0.3 is 13.5 Å². The molecule has 0 spiro atoms. The summed E-state index contributed by atoms with van der Waals surface area (Å²) in [6, 6.07) is 1.55. The Bertz CT molecular complexity index is 905. The van der Waals surface area contributed by atoms with Gasteiger partial charge in [0.2, 0.25) is 5.91 Å². The third kappa shape index (κ3) is 14.5. The molecule has 1 aliphatic rings. The molecule has 0 radical (unpaired) electrons. The normalized spacial score (nSPS) is 17.7. The Labute approximate surface area is 227 Å². The number of nitrogens with zero attached hydrogens (tertiary/aromatic N) is 2. The summed E-state index contributed by atoms with van der Waals surface area (Å²) in [6.45, 7) is 2.00. The van der Waals surface area contributed by atoms with Gasteiger partial charge in [0.1, 0.15) is 12.0 Å². The van der Waals surface area contributed by atoms with Crippen LogP contribution in [-0.2, 0) is 18.6 Å². The van der Waals surface area contributed by atoms with Gasteiger partial charge in [0, 0.05) is 12.6 Å². The predicted octanol–water partition coefficient (Wildman–Crippen LogP) is 6.23. The monoisotopic (exact) mass is 557 g/mol. The highest BCUT2D eigenvalue weighted by atomic mass is 31.2. The van der Waals surface area contributed by atoms with Gasteiger partial charge in [0.05, 0.1) is 12.7 Å². The van der Waals surface area contributed by atoms with E-state index in [1.807, 2.05) is 0 Å². The van der Waals surface area contributed by atoms with E-state index in [4.69, 9.17) is 14.5 Å². The fraction of sp³-hybridized carbons (Fsp3) is 0.815. The zero-order valence-electron chi connectivity index (χ0n) is 23.0. The number of phosphoric acid groups is 1. The van der Waals surface area contributed by atoms with Crippen LogP contribution >= 0.6 is 7.82 Å². The highest BCUT2D eigenvalue weighted by Gasteiger charge is 2.29. The van der Waals surface area contributed by atoms with E-state index in [0.29, 0.717) is 19.3 Å². The lowest BCUT2D eigenvalue weighted by Gasteiger charge is -2.16. The summed E-state index contributed by atoms with van der Waals surface area (Å²) in [5, 5.41) is 2.69. The number of anilines is 1. The Kier molecular flexibility index (Phi) is 16.0. The Balaban J connectivity index is 1.51. The SMILES string of the molecule is CCCCCCCCCCCCCCCCCC(=O)Nc1ccn(C2CCC(COP(=O)(O)O)O2)c(=O)n1. The van der Waals surface area contributed by atoms with E-state index in [0.717, 1.165) is 19.3 Å². The molecule has 1 saturated heterocycles. The van der Waals surface area contributed by atoms with Crippen molar-refractivity contribution in [2.24, 2.45) is 0 Å². The summed E-state index contributed by atoms with van der Waals surface area (Å²) in [4.78, 5) is 46.2. The third-order valence-electron chi connectivity index (χ3n) is 6.93. The van der Waals surface area contributed by atoms with Gasteiger partial charge in [0.25, 0.3) is 0 Å². The van der Waals surface area contributed by atoms with E-state index in [1.165, 1.54) is 87.8 Å². The first-order valence-electron chi connectivity index (χ1n) is 14.5. The predicted molar refractivity (Wildman–Crippen MR) is 148 cm³/mol. The third-order valence-corrected chi connectivity index (χ3v) is 7.41. The van der Waals surface area contributed by atoms with E-state index in [1.54, 1.807) is 6.07 Å². The van der Waals surface area contributed by atoms with Gasteiger partial charge in [-0.3, -0.25) is 13.9 Å². The lowest BCUT2D eigenvalue weighted by Crippen LogP contribution is -2.28. The summed E-state index contributed by atoms with van der Waals surface area (Å²) in [6.07, 6.45) is 20.9. The van der Waals surface area contributed by atoms with Crippen LogP contribution in [0.1, 0.15) is 129 Å². The van der Waals surface area contributed by atoms with E-state index >= 15 is 0 Å². The van der Waals surface area contributed by atoms with Gasteiger partial charge in [-0.2, -0.15) is 4.98 Å². The average Bonchev–Trinajstić information content (AvgIpc) is 3.33. The molecule has 11 heteroatoms. The lowest BCUT2D eigenvalue weighted by molar-refractivity contribution is -0.116. The molecule has 1 aromatic heterocycles. The van der Waals surface area contributed by atoms with Crippen molar-refractivity contribution >= 4 is 19.5 Å². The van der Waals surface area contributed by atoms with Crippen molar-refractivity contribution in [3.05, 3.63) is 22.7 Å². The number of carbonyl (C=O) groups is 1. The number of hydrogen-bond acceptors (Lipinski definition) is 6. The van der Waals surface area contributed by atoms with Crippen LogP contribution in [0.2, 0.25) is 0 Å². The van der Waals surface area contributed by atoms with Crippen molar-refractivity contribution in [3.63, 3.8) is 0 Å². The molecule has 1 amide bonds. The minimum absolute atomic E-state index is 0.156. The van der Waals surface area contributed by atoms with Gasteiger partial charge in [-0.25, -0.2) is 9.36 Å². The number of phosphoric ester groups is 1. The second-order valence-corrected chi connectivity index (χ2v) is 11.6. The average molecular weight is 558 g/mol. The topological polar surface area (TPSA) is 140 Å². The molecule has 1 fully saturated rings. The van der Waals surface area contributed by atoms with Crippen molar-refractivity contribution in [2.75, 3.05) is 11.9 Å². The fourth-order valence-corrected chi connectivity index (χ4v) is 5.12. The van der Waals surface area contributed by atoms with Crippen molar-refractivity contribution in [3.8, 4) is 0 Å². The number of aromatic nitrogens is 2. The molecular weight excluding hydrogens is 509 g/mol. The fourth-order valence-electron chi connectivity index (χ4n) is 4.76. The van der Waals surface area contributed by atoms with Crippen LogP contribution in [0.25, 0.3) is 0 Å². The minimum atomic E-state index is -4.57. The van der Waals surface area contributed by atoms with Crippen LogP contribution in [0.3, 0.4) is 0 Å². The molecule has 218 valence electrons. The number of hydrogen-bond donors (Lipinski definition) is 3. The Hall–Kier alpha value is -1.58. The maximum Gasteiger partial charge on any atom is 0.469 e. The second kappa shape index (κ2) is 18.7. The minimum Gasteiger partial charge on any atom is -0.352 e. The molecule has 2 atom stereocenters. The molecule has 0 saturated carbocycles. The molecule has 3 N–H and O–H groups in total. The quantitative estimate of drug-likeness (QED) is 0.119. The van der Waals surface area contributed by atoms with E-state index in [2.05, 4.69) is 21.7 Å². The Morgan fingerprint density at radius 1 is 1.00 bits per heavy atom. The first-order valence-corrected chi connectivity index (χ1v) is 16.1. The number of amides is 1. The van der Waals surface area contributed by atoms with Gasteiger partial charge < -0.3 is 19.8 Å². The van der Waals surface area contributed by atoms with Gasteiger partial charge in [-0.15, -0.1) is 0 Å². The maximum atomic E-state index is 12.4. The smallest absolute Gasteiger partial charge is 0.352 e. The first kappa shape index (κ1) is 32.6. The molecular formula is C27H48N3O7P. The van der Waals surface area contributed by atoms with Crippen LogP contribution in [0.4, 0.5) is 5.82 Å². The molecule has 2 rings (SSSR count). The number of unbranched alkanes of at least 4 members (excludes halogenated alkanes) is 14. The molecule has 0 aliphatic carbocycles. The van der Waals surface area contributed by atoms with Crippen molar-refractivity contribution in [1.29, 1.82) is 0 Å². The molecule has 1 aromatic rings. The zero-order valence-corrected chi connectivity index (χ0v) is 23.9. The summed E-state index contributed by atoms with van der Waals surface area (Å²) >= 11 is 0. The molecule has 2 heterocycles. The van der Waals surface area contributed by atoms with E-state index in [9.17, 15) is 14.2 Å². The van der Waals surface area contributed by atoms with Gasteiger partial charge in [0.15, 0.2) is 0 Å². The zero-order chi connectivity index (χ0) is 27.6. The van der Waals surface area contributed by atoms with Crippen molar-refractivity contribution < 1.29 is 28.4 Å². The lowest BCUT2D eigenvalue weighted by atomic mass is 10.0. The Morgan fingerprint density at radius 3 is 2.08 bits per heavy atom. The van der Waals surface area contributed by atoms with Gasteiger partial charge in [-0.1, -0.05) is 96.8 Å². The highest BCUT2D eigenvalue weighted by molar-refractivity contribution is 7.46. The van der Waals surface area contributed by atoms with Crippen LogP contribution in [0.15, 0.2) is 17.1 Å². The van der Waals surface area contributed by atoms with Crippen LogP contribution in [0, 0.1) is 0 Å². The first-order chi connectivity index (χ1) is 18.3. The standard InChI is InChI=1S/C27H48N3O7P/c1-2-3-4-5-6-7-8-9-10-11-12-13-14-15-16-17-25(31)28-24-20-21-30(27(32)29-24)26-19-18-23(37-26)22-36-38(33,34)35/h20-21,23,26H,2-19,22H2,1H3,(H2,33,34,35)(H,28,29,31,32). The molecule has 38 heavy (non-hydrogen) atoms. The second-order valence-electron chi connectivity index (χ2n) is 10.3. The number of rotatable bonds is 21. The van der Waals surface area contributed by atoms with Crippen molar-refractivity contribution in [1.82, 2.24) is 9.55 Å². The molecule has 10 nitrogen and oxygen atoms in total. The van der Waals surface area contributed by atoms with Crippen molar-refractivity contribution in [2.45, 2.75) is 135 Å². The maximum absolute atomic E-state index is 12.4. The van der Waals surface area contributed by atoms with E-state index in [-0.39, 0.29) is 18.3 Å². The summed E-state index contributed by atoms with van der Waals surface area (Å²) in [5.74, 6) is 0.0488. The largest absolute Gasteiger partial charge is 0.469 e. The number of carbonyl (C=O) groups excluding carboxylic acids is 1. The number of ether oxygens (including phenoxy) is 1. The molecule has 2 unspecified atom stereocenters. The molecule has 0 bridgehead atoms. The van der Waals surface area contributed by atoms with Gasteiger partial charge in [-0.05, 0) is 25.3 Å². The van der Waals surface area contributed by atoms with Crippen LogP contribution in [0.5, 0.6) is 0 Å². The summed E-state index contributed by atoms with van der Waals surface area (Å²) in [7, 11) is -4.57. The molecule has 1 aliphatic heterocycles. The van der Waals surface area contributed by atoms with Crippen LogP contribution in [-0.4, -0.2) is 38.0 Å².